The Hall–Kier alpha value is -6.00. The minimum atomic E-state index is -0.308. The highest BCUT2D eigenvalue weighted by atomic mass is 16.5. The molecular weight excluding hydrogens is 574 g/mol. The topological polar surface area (TPSA) is 39.9 Å². The third-order valence-electron chi connectivity index (χ3n) is 10.0. The molecule has 9 aromatic rings. The maximum Gasteiger partial charge on any atom is 0.235 e. The number of hydrogen-bond acceptors (Lipinski definition) is 3. The quantitative estimate of drug-likeness (QED) is 0.197. The smallest absolute Gasteiger partial charge is 0.235 e. The fourth-order valence-electron chi connectivity index (χ4n) is 7.93. The standard InChI is InChI=1S/C43H29N3O/c1-43(2)33-22-9-12-25-36(33)47-41-38(43)29-18-6-5-17-28(29)37-32-20-8-11-24-35(32)46(40(37)41)42-44-34-23-10-7-19-31(34)39(45-42)30-21-13-15-26-14-3-4-16-27(26)30/h3-25H,1-2H3. The highest BCUT2D eigenvalue weighted by molar-refractivity contribution is 6.24. The van der Waals surface area contributed by atoms with Gasteiger partial charge in [-0.15, -0.1) is 0 Å². The number of aromatic nitrogens is 3. The lowest BCUT2D eigenvalue weighted by atomic mass is 9.73. The van der Waals surface area contributed by atoms with Crippen LogP contribution in [0.5, 0.6) is 11.5 Å². The van der Waals surface area contributed by atoms with Gasteiger partial charge in [-0.25, -0.2) is 9.97 Å². The van der Waals surface area contributed by atoms with Gasteiger partial charge in [0, 0.05) is 38.3 Å². The van der Waals surface area contributed by atoms with E-state index in [-0.39, 0.29) is 5.41 Å². The fourth-order valence-corrected chi connectivity index (χ4v) is 7.93. The van der Waals surface area contributed by atoms with Crippen LogP contribution in [0.3, 0.4) is 0 Å². The van der Waals surface area contributed by atoms with E-state index < -0.39 is 0 Å². The van der Waals surface area contributed by atoms with Crippen LogP contribution in [0.15, 0.2) is 140 Å². The van der Waals surface area contributed by atoms with Gasteiger partial charge in [0.25, 0.3) is 0 Å². The number of benzene rings is 7. The summed E-state index contributed by atoms with van der Waals surface area (Å²) >= 11 is 0. The van der Waals surface area contributed by atoms with Crippen molar-refractivity contribution in [1.29, 1.82) is 0 Å². The van der Waals surface area contributed by atoms with Crippen LogP contribution in [-0.4, -0.2) is 14.5 Å². The Balaban J connectivity index is 1.40. The van der Waals surface area contributed by atoms with E-state index in [1.54, 1.807) is 0 Å². The SMILES string of the molecule is CC1(C)c2ccccc2Oc2c1c1ccccc1c1c3ccccc3n(-c3nc(-c4cccc5ccccc45)c4ccccc4n3)c21. The Morgan fingerprint density at radius 1 is 0.574 bits per heavy atom. The number of fused-ring (bicyclic) bond motifs is 11. The summed E-state index contributed by atoms with van der Waals surface area (Å²) in [4.78, 5) is 10.8. The van der Waals surface area contributed by atoms with Gasteiger partial charge >= 0.3 is 0 Å². The molecule has 0 atom stereocenters. The van der Waals surface area contributed by atoms with Gasteiger partial charge in [-0.05, 0) is 39.7 Å². The number of ether oxygens (including phenoxy) is 1. The molecule has 1 aliphatic heterocycles. The summed E-state index contributed by atoms with van der Waals surface area (Å²) in [7, 11) is 0. The number of rotatable bonds is 2. The molecular formula is C43H29N3O. The molecule has 0 fully saturated rings. The molecule has 1 aliphatic rings. The van der Waals surface area contributed by atoms with E-state index in [2.05, 4.69) is 158 Å². The monoisotopic (exact) mass is 603 g/mol. The molecule has 10 rings (SSSR count). The van der Waals surface area contributed by atoms with Crippen LogP contribution in [-0.2, 0) is 5.41 Å². The summed E-state index contributed by atoms with van der Waals surface area (Å²) in [6.45, 7) is 4.62. The van der Waals surface area contributed by atoms with E-state index in [0.29, 0.717) is 5.95 Å². The normalized spacial score (nSPS) is 13.7. The predicted molar refractivity (Wildman–Crippen MR) is 193 cm³/mol. The zero-order chi connectivity index (χ0) is 31.3. The Morgan fingerprint density at radius 2 is 1.23 bits per heavy atom. The highest BCUT2D eigenvalue weighted by Crippen LogP contribution is 2.55. The van der Waals surface area contributed by atoms with Gasteiger partial charge in [-0.2, -0.15) is 0 Å². The molecule has 0 aliphatic carbocycles. The molecule has 222 valence electrons. The zero-order valence-electron chi connectivity index (χ0n) is 26.0. The van der Waals surface area contributed by atoms with Gasteiger partial charge in [-0.1, -0.05) is 135 Å². The molecule has 47 heavy (non-hydrogen) atoms. The molecule has 4 heteroatoms. The maximum atomic E-state index is 7.01. The number of para-hydroxylation sites is 3. The lowest BCUT2D eigenvalue weighted by Crippen LogP contribution is -2.25. The van der Waals surface area contributed by atoms with E-state index in [1.807, 2.05) is 0 Å². The van der Waals surface area contributed by atoms with Crippen LogP contribution in [0.4, 0.5) is 0 Å². The Bertz CT molecular complexity index is 2750. The van der Waals surface area contributed by atoms with Crippen molar-refractivity contribution in [2.24, 2.45) is 0 Å². The first-order valence-corrected chi connectivity index (χ1v) is 16.1. The summed E-state index contributed by atoms with van der Waals surface area (Å²) in [5.74, 6) is 2.37. The average Bonchev–Trinajstić information content (AvgIpc) is 3.47. The molecule has 0 unspecified atom stereocenters. The Labute approximate surface area is 271 Å². The van der Waals surface area contributed by atoms with Crippen LogP contribution >= 0.6 is 0 Å². The second-order valence-electron chi connectivity index (χ2n) is 13.0. The predicted octanol–water partition coefficient (Wildman–Crippen LogP) is 11.1. The third kappa shape index (κ3) is 3.58. The summed E-state index contributed by atoms with van der Waals surface area (Å²) in [5.41, 5.74) is 6.97. The molecule has 2 aromatic heterocycles. The van der Waals surface area contributed by atoms with E-state index in [4.69, 9.17) is 14.7 Å². The van der Waals surface area contributed by atoms with Gasteiger partial charge in [0.05, 0.1) is 16.7 Å². The van der Waals surface area contributed by atoms with Gasteiger partial charge in [0.2, 0.25) is 5.95 Å². The first kappa shape index (κ1) is 26.2. The van der Waals surface area contributed by atoms with Crippen LogP contribution in [0, 0.1) is 0 Å². The molecule has 7 aromatic carbocycles. The second kappa shape index (κ2) is 9.51. The first-order valence-electron chi connectivity index (χ1n) is 16.1. The molecule has 0 saturated heterocycles. The van der Waals surface area contributed by atoms with Crippen molar-refractivity contribution >= 4 is 54.3 Å². The number of hydrogen-bond donors (Lipinski definition) is 0. The largest absolute Gasteiger partial charge is 0.454 e. The van der Waals surface area contributed by atoms with Gasteiger partial charge in [-0.3, -0.25) is 4.57 Å². The van der Waals surface area contributed by atoms with E-state index in [9.17, 15) is 0 Å². The number of nitrogens with zero attached hydrogens (tertiary/aromatic N) is 3. The zero-order valence-corrected chi connectivity index (χ0v) is 26.0. The second-order valence-corrected chi connectivity index (χ2v) is 13.0. The highest BCUT2D eigenvalue weighted by Gasteiger charge is 2.38. The van der Waals surface area contributed by atoms with E-state index >= 15 is 0 Å². The van der Waals surface area contributed by atoms with Crippen LogP contribution < -0.4 is 4.74 Å². The lowest BCUT2D eigenvalue weighted by molar-refractivity contribution is 0.424. The van der Waals surface area contributed by atoms with Crippen molar-refractivity contribution in [3.63, 3.8) is 0 Å². The van der Waals surface area contributed by atoms with E-state index in [0.717, 1.165) is 60.9 Å². The van der Waals surface area contributed by atoms with Crippen molar-refractivity contribution in [1.82, 2.24) is 14.5 Å². The van der Waals surface area contributed by atoms with Crippen molar-refractivity contribution in [2.75, 3.05) is 0 Å². The molecule has 0 spiro atoms. The fraction of sp³-hybridized carbons (Fsp3) is 0.0698. The Kier molecular flexibility index (Phi) is 5.31. The molecule has 0 N–H and O–H groups in total. The van der Waals surface area contributed by atoms with Gasteiger partial charge < -0.3 is 4.74 Å². The van der Waals surface area contributed by atoms with Crippen LogP contribution in [0.2, 0.25) is 0 Å². The van der Waals surface area contributed by atoms with Gasteiger partial charge in [0.15, 0.2) is 5.75 Å². The third-order valence-corrected chi connectivity index (χ3v) is 10.0. The average molecular weight is 604 g/mol. The Morgan fingerprint density at radius 3 is 2.11 bits per heavy atom. The minimum Gasteiger partial charge on any atom is -0.454 e. The van der Waals surface area contributed by atoms with E-state index in [1.165, 1.54) is 27.3 Å². The van der Waals surface area contributed by atoms with Crippen molar-refractivity contribution < 1.29 is 4.74 Å². The van der Waals surface area contributed by atoms with Crippen molar-refractivity contribution in [3.8, 4) is 28.7 Å². The molecule has 0 bridgehead atoms. The van der Waals surface area contributed by atoms with Crippen molar-refractivity contribution in [3.05, 3.63) is 151 Å². The molecule has 3 heterocycles. The van der Waals surface area contributed by atoms with Gasteiger partial charge in [0.1, 0.15) is 11.3 Å². The molecule has 0 saturated carbocycles. The summed E-state index contributed by atoms with van der Waals surface area (Å²) in [6.07, 6.45) is 0. The van der Waals surface area contributed by atoms with Crippen molar-refractivity contribution in [2.45, 2.75) is 19.3 Å². The first-order chi connectivity index (χ1) is 23.1. The molecule has 0 radical (unpaired) electrons. The summed E-state index contributed by atoms with van der Waals surface area (Å²) in [6, 6.07) is 49.1. The lowest BCUT2D eigenvalue weighted by Gasteiger charge is -2.36. The van der Waals surface area contributed by atoms with Crippen LogP contribution in [0.25, 0.3) is 71.5 Å². The summed E-state index contributed by atoms with van der Waals surface area (Å²) in [5, 5.41) is 8.06. The maximum absolute atomic E-state index is 7.01. The minimum absolute atomic E-state index is 0.308. The van der Waals surface area contributed by atoms with Crippen LogP contribution in [0.1, 0.15) is 25.0 Å². The summed E-state index contributed by atoms with van der Waals surface area (Å²) < 4.78 is 9.25. The molecule has 0 amide bonds. The molecule has 4 nitrogen and oxygen atoms in total.